The number of halogens is 1. The van der Waals surface area contributed by atoms with Crippen LogP contribution in [0.25, 0.3) is 0 Å². The Morgan fingerprint density at radius 1 is 1.14 bits per heavy atom. The predicted octanol–water partition coefficient (Wildman–Crippen LogP) is 5.15. The monoisotopic (exact) mass is 363 g/mol. The van der Waals surface area contributed by atoms with Crippen molar-refractivity contribution in [2.24, 2.45) is 0 Å². The van der Waals surface area contributed by atoms with Crippen molar-refractivity contribution in [3.63, 3.8) is 0 Å². The first-order valence-electron chi connectivity index (χ1n) is 7.81. The Balaban J connectivity index is 1.72. The van der Waals surface area contributed by atoms with Crippen LogP contribution in [0, 0.1) is 0 Å². The lowest BCUT2D eigenvalue weighted by molar-refractivity contribution is 0.580. The second kappa shape index (κ2) is 7.08. The number of aryl methyl sites for hydroxylation is 1. The molecule has 1 N–H and O–H groups in total. The van der Waals surface area contributed by atoms with Gasteiger partial charge in [0, 0.05) is 32.7 Å². The highest BCUT2D eigenvalue weighted by atomic mass is 79.9. The molecule has 1 fully saturated rings. The molecule has 2 aromatic rings. The summed E-state index contributed by atoms with van der Waals surface area (Å²) in [6, 6.07) is 14.2. The fourth-order valence-electron chi connectivity index (χ4n) is 2.60. The van der Waals surface area contributed by atoms with E-state index in [1.807, 2.05) is 11.3 Å². The molecule has 21 heavy (non-hydrogen) atoms. The zero-order chi connectivity index (χ0) is 14.7. The third-order valence-electron chi connectivity index (χ3n) is 4.09. The molecule has 0 spiro atoms. The van der Waals surface area contributed by atoms with Gasteiger partial charge < -0.3 is 5.32 Å². The van der Waals surface area contributed by atoms with E-state index < -0.39 is 0 Å². The van der Waals surface area contributed by atoms with Gasteiger partial charge in [-0.3, -0.25) is 0 Å². The number of thiophene rings is 1. The van der Waals surface area contributed by atoms with Gasteiger partial charge in [0.2, 0.25) is 0 Å². The Labute approximate surface area is 139 Å². The minimum Gasteiger partial charge on any atom is -0.313 e. The molecule has 1 unspecified atom stereocenters. The highest BCUT2D eigenvalue weighted by Crippen LogP contribution is 2.28. The van der Waals surface area contributed by atoms with Crippen LogP contribution in [0.1, 0.15) is 41.0 Å². The van der Waals surface area contributed by atoms with E-state index in [2.05, 4.69) is 64.6 Å². The average molecular weight is 364 g/mol. The first-order chi connectivity index (χ1) is 10.2. The van der Waals surface area contributed by atoms with E-state index >= 15 is 0 Å². The predicted molar refractivity (Wildman–Crippen MR) is 95.3 cm³/mol. The van der Waals surface area contributed by atoms with Crippen molar-refractivity contribution in [3.05, 3.63) is 56.2 Å². The van der Waals surface area contributed by atoms with Crippen LogP contribution in [-0.4, -0.2) is 12.6 Å². The third kappa shape index (κ3) is 4.41. The highest BCUT2D eigenvalue weighted by Gasteiger charge is 2.23. The van der Waals surface area contributed by atoms with E-state index in [4.69, 9.17) is 0 Å². The summed E-state index contributed by atoms with van der Waals surface area (Å²) in [6.45, 7) is 3.32. The first kappa shape index (κ1) is 15.3. The Morgan fingerprint density at radius 2 is 1.86 bits per heavy atom. The molecule has 1 nitrogen and oxygen atoms in total. The van der Waals surface area contributed by atoms with E-state index in [1.54, 1.807) is 0 Å². The molecule has 1 saturated carbocycles. The fourth-order valence-corrected chi connectivity index (χ4v) is 3.91. The number of benzene rings is 1. The Kier molecular flexibility index (Phi) is 5.15. The van der Waals surface area contributed by atoms with Crippen molar-refractivity contribution in [1.29, 1.82) is 0 Å². The topological polar surface area (TPSA) is 12.0 Å². The zero-order valence-corrected chi connectivity index (χ0v) is 14.8. The lowest BCUT2D eigenvalue weighted by atomic mass is 9.95. The van der Waals surface area contributed by atoms with Crippen LogP contribution in [0.2, 0.25) is 0 Å². The molecule has 1 aliphatic rings. The molecule has 0 saturated heterocycles. The molecule has 0 aliphatic heterocycles. The van der Waals surface area contributed by atoms with Crippen molar-refractivity contribution < 1.29 is 0 Å². The van der Waals surface area contributed by atoms with Gasteiger partial charge in [-0.2, -0.15) is 0 Å². The molecule has 1 aromatic carbocycles. The van der Waals surface area contributed by atoms with Crippen LogP contribution in [0.15, 0.2) is 40.9 Å². The normalized spacial score (nSPS) is 16.1. The van der Waals surface area contributed by atoms with Crippen LogP contribution in [0.5, 0.6) is 0 Å². The van der Waals surface area contributed by atoms with Crippen LogP contribution in [0.4, 0.5) is 0 Å². The maximum absolute atomic E-state index is 3.70. The summed E-state index contributed by atoms with van der Waals surface area (Å²) in [5.74, 6) is 0.571. The summed E-state index contributed by atoms with van der Waals surface area (Å²) in [7, 11) is 0. The number of nitrogens with one attached hydrogen (secondary N) is 1. The molecule has 1 aliphatic carbocycles. The quantitative estimate of drug-likeness (QED) is 0.716. The maximum atomic E-state index is 3.70. The van der Waals surface area contributed by atoms with Gasteiger partial charge in [0.1, 0.15) is 0 Å². The van der Waals surface area contributed by atoms with E-state index in [0.29, 0.717) is 5.92 Å². The van der Waals surface area contributed by atoms with Gasteiger partial charge >= 0.3 is 0 Å². The zero-order valence-electron chi connectivity index (χ0n) is 12.4. The van der Waals surface area contributed by atoms with Crippen molar-refractivity contribution in [1.82, 2.24) is 5.32 Å². The molecule has 0 bridgehead atoms. The summed E-state index contributed by atoms with van der Waals surface area (Å²) < 4.78 is 1.16. The first-order valence-corrected chi connectivity index (χ1v) is 9.42. The Hall–Kier alpha value is -0.640. The van der Waals surface area contributed by atoms with Crippen molar-refractivity contribution in [3.8, 4) is 0 Å². The summed E-state index contributed by atoms with van der Waals surface area (Å²) >= 11 is 5.50. The molecular formula is C18H22BrNS. The lowest BCUT2D eigenvalue weighted by Crippen LogP contribution is -2.24. The Morgan fingerprint density at radius 3 is 2.48 bits per heavy atom. The van der Waals surface area contributed by atoms with Crippen LogP contribution in [-0.2, 0) is 12.8 Å². The number of rotatable bonds is 7. The van der Waals surface area contributed by atoms with Gasteiger partial charge in [-0.05, 0) is 55.5 Å². The molecule has 3 heteroatoms. The van der Waals surface area contributed by atoms with Crippen LogP contribution < -0.4 is 5.32 Å². The smallest absolute Gasteiger partial charge is 0.0175 e. The van der Waals surface area contributed by atoms with Crippen LogP contribution in [0.3, 0.4) is 0 Å². The standard InChI is InChI=1S/C18H22BrNS/c1-2-17-9-10-18(21-17)11-14(12-20-16-7-8-16)13-3-5-15(19)6-4-13/h3-6,9-10,14,16,20H,2,7-8,11-12H2,1H3. The molecular weight excluding hydrogens is 342 g/mol. The summed E-state index contributed by atoms with van der Waals surface area (Å²) in [5.41, 5.74) is 1.44. The minimum absolute atomic E-state index is 0.571. The molecule has 1 heterocycles. The van der Waals surface area contributed by atoms with Gasteiger partial charge in [0.25, 0.3) is 0 Å². The van der Waals surface area contributed by atoms with Crippen molar-refractivity contribution in [2.75, 3.05) is 6.54 Å². The van der Waals surface area contributed by atoms with E-state index in [0.717, 1.165) is 29.9 Å². The van der Waals surface area contributed by atoms with Gasteiger partial charge in [-0.1, -0.05) is 35.0 Å². The van der Waals surface area contributed by atoms with Gasteiger partial charge in [0.05, 0.1) is 0 Å². The summed E-state index contributed by atoms with van der Waals surface area (Å²) in [5, 5.41) is 3.70. The van der Waals surface area contributed by atoms with E-state index in [9.17, 15) is 0 Å². The van der Waals surface area contributed by atoms with Gasteiger partial charge in [0.15, 0.2) is 0 Å². The minimum atomic E-state index is 0.571. The fraction of sp³-hybridized carbons (Fsp3) is 0.444. The number of hydrogen-bond acceptors (Lipinski definition) is 2. The molecule has 0 amide bonds. The summed E-state index contributed by atoms with van der Waals surface area (Å²) in [4.78, 5) is 3.01. The number of hydrogen-bond donors (Lipinski definition) is 1. The molecule has 1 atom stereocenters. The second-order valence-electron chi connectivity index (χ2n) is 5.86. The van der Waals surface area contributed by atoms with Gasteiger partial charge in [-0.25, -0.2) is 0 Å². The van der Waals surface area contributed by atoms with E-state index in [-0.39, 0.29) is 0 Å². The molecule has 3 rings (SSSR count). The summed E-state index contributed by atoms with van der Waals surface area (Å²) in [6.07, 6.45) is 5.00. The Bertz CT molecular complexity index is 571. The second-order valence-corrected chi connectivity index (χ2v) is 8.03. The largest absolute Gasteiger partial charge is 0.313 e. The third-order valence-corrected chi connectivity index (χ3v) is 5.87. The average Bonchev–Trinajstić information content (AvgIpc) is 3.22. The van der Waals surface area contributed by atoms with Crippen molar-refractivity contribution in [2.45, 2.75) is 44.6 Å². The molecule has 1 aromatic heterocycles. The SMILES string of the molecule is CCc1ccc(CC(CNC2CC2)c2ccc(Br)cc2)s1. The highest BCUT2D eigenvalue weighted by molar-refractivity contribution is 9.10. The van der Waals surface area contributed by atoms with E-state index in [1.165, 1.54) is 28.2 Å². The van der Waals surface area contributed by atoms with Crippen LogP contribution >= 0.6 is 27.3 Å². The molecule has 112 valence electrons. The van der Waals surface area contributed by atoms with Crippen molar-refractivity contribution >= 4 is 27.3 Å². The molecule has 0 radical (unpaired) electrons. The van der Waals surface area contributed by atoms with Gasteiger partial charge in [-0.15, -0.1) is 11.3 Å². The lowest BCUT2D eigenvalue weighted by Gasteiger charge is -2.17. The maximum Gasteiger partial charge on any atom is 0.0175 e.